The Balaban J connectivity index is 1.47. The van der Waals surface area contributed by atoms with Gasteiger partial charge in [0.2, 0.25) is 0 Å². The summed E-state index contributed by atoms with van der Waals surface area (Å²) in [5, 5.41) is 4.42. The second kappa shape index (κ2) is 9.54. The summed E-state index contributed by atoms with van der Waals surface area (Å²) in [6, 6.07) is 8.75. The van der Waals surface area contributed by atoms with Crippen LogP contribution in [0.1, 0.15) is 10.4 Å². The molecule has 0 aromatic heterocycles. The number of hydrogen-bond acceptors (Lipinski definition) is 7. The lowest BCUT2D eigenvalue weighted by Crippen LogP contribution is -2.37. The first kappa shape index (κ1) is 20.8. The van der Waals surface area contributed by atoms with Gasteiger partial charge in [-0.25, -0.2) is 9.59 Å². The molecule has 2 N–H and O–H groups in total. The second-order valence-corrected chi connectivity index (χ2v) is 5.84. The van der Waals surface area contributed by atoms with Gasteiger partial charge in [-0.05, 0) is 30.3 Å². The molecule has 11 heteroatoms. The average Bonchev–Trinajstić information content (AvgIpc) is 2.71. The molecule has 30 heavy (non-hydrogen) atoms. The molecule has 0 fully saturated rings. The fraction of sp³-hybridized carbons (Fsp3) is 0.211. The zero-order chi connectivity index (χ0) is 21.5. The number of imide groups is 1. The maximum absolute atomic E-state index is 12.2. The van der Waals surface area contributed by atoms with Crippen molar-refractivity contribution >= 4 is 23.6 Å². The molecule has 9 nitrogen and oxygen atoms in total. The molecule has 1 aliphatic rings. The van der Waals surface area contributed by atoms with Gasteiger partial charge in [0, 0.05) is 11.8 Å². The number of hydrogen-bond donors (Lipinski definition) is 2. The number of fused-ring (bicyclic) bond motifs is 1. The lowest BCUT2D eigenvalue weighted by atomic mass is 10.2. The first-order chi connectivity index (χ1) is 14.4. The standard InChI is InChI=1S/C19H16F2N2O7/c20-18(21)30-13-3-1-2-11(8-13)17(25)29-10-16(24)23-19(26)22-12-4-5-14-15(9-12)28-7-6-27-14/h1-5,8-9,18H,6-7,10H2,(H2,22,23,24,26). The van der Waals surface area contributed by atoms with Crippen LogP contribution >= 0.6 is 0 Å². The fourth-order valence-corrected chi connectivity index (χ4v) is 2.46. The van der Waals surface area contributed by atoms with E-state index in [0.29, 0.717) is 30.4 Å². The molecule has 1 aliphatic heterocycles. The molecule has 158 valence electrons. The summed E-state index contributed by atoms with van der Waals surface area (Å²) >= 11 is 0. The van der Waals surface area contributed by atoms with Crippen molar-refractivity contribution in [1.29, 1.82) is 0 Å². The summed E-state index contributed by atoms with van der Waals surface area (Å²) in [7, 11) is 0. The highest BCUT2D eigenvalue weighted by molar-refractivity contribution is 6.02. The molecule has 0 saturated heterocycles. The van der Waals surface area contributed by atoms with Crippen molar-refractivity contribution in [3.63, 3.8) is 0 Å². The lowest BCUT2D eigenvalue weighted by Gasteiger charge is -2.19. The van der Waals surface area contributed by atoms with E-state index in [9.17, 15) is 23.2 Å². The topological polar surface area (TPSA) is 112 Å². The van der Waals surface area contributed by atoms with E-state index in [1.54, 1.807) is 12.1 Å². The van der Waals surface area contributed by atoms with Gasteiger partial charge in [0.25, 0.3) is 5.91 Å². The second-order valence-electron chi connectivity index (χ2n) is 5.84. The van der Waals surface area contributed by atoms with Crippen LogP contribution in [0.2, 0.25) is 0 Å². The van der Waals surface area contributed by atoms with E-state index in [-0.39, 0.29) is 11.3 Å². The summed E-state index contributed by atoms with van der Waals surface area (Å²) in [4.78, 5) is 35.6. The quantitative estimate of drug-likeness (QED) is 0.688. The summed E-state index contributed by atoms with van der Waals surface area (Å²) in [6.07, 6.45) is 0. The molecular formula is C19H16F2N2O7. The molecule has 0 bridgehead atoms. The van der Waals surface area contributed by atoms with Crippen LogP contribution in [0.3, 0.4) is 0 Å². The molecule has 0 saturated carbocycles. The minimum absolute atomic E-state index is 0.0957. The summed E-state index contributed by atoms with van der Waals surface area (Å²) in [6.45, 7) is -3.00. The van der Waals surface area contributed by atoms with Crippen LogP contribution < -0.4 is 24.8 Å². The predicted octanol–water partition coefficient (Wildman–Crippen LogP) is 2.56. The van der Waals surface area contributed by atoms with E-state index in [1.165, 1.54) is 24.3 Å². The van der Waals surface area contributed by atoms with Crippen LogP contribution in [-0.2, 0) is 9.53 Å². The van der Waals surface area contributed by atoms with E-state index in [0.717, 1.165) is 6.07 Å². The normalized spacial score (nSPS) is 12.1. The van der Waals surface area contributed by atoms with Crippen LogP contribution in [0.4, 0.5) is 19.3 Å². The highest BCUT2D eigenvalue weighted by Gasteiger charge is 2.16. The molecule has 2 aromatic carbocycles. The molecule has 0 aliphatic carbocycles. The van der Waals surface area contributed by atoms with Gasteiger partial charge in [-0.1, -0.05) is 6.07 Å². The molecule has 0 spiro atoms. The first-order valence-electron chi connectivity index (χ1n) is 8.63. The molecule has 0 unspecified atom stereocenters. The number of esters is 1. The van der Waals surface area contributed by atoms with Crippen molar-refractivity contribution in [3.05, 3.63) is 48.0 Å². The van der Waals surface area contributed by atoms with Crippen LogP contribution in [0.5, 0.6) is 17.2 Å². The Morgan fingerprint density at radius 3 is 2.57 bits per heavy atom. The smallest absolute Gasteiger partial charge is 0.387 e. The van der Waals surface area contributed by atoms with E-state index in [1.807, 2.05) is 5.32 Å². The van der Waals surface area contributed by atoms with Gasteiger partial charge in [-0.15, -0.1) is 0 Å². The Hall–Kier alpha value is -3.89. The van der Waals surface area contributed by atoms with Crippen LogP contribution in [-0.4, -0.2) is 44.3 Å². The molecule has 0 radical (unpaired) electrons. The minimum Gasteiger partial charge on any atom is -0.486 e. The molecule has 1 heterocycles. The highest BCUT2D eigenvalue weighted by atomic mass is 19.3. The summed E-state index contributed by atoms with van der Waals surface area (Å²) in [5.41, 5.74) is 0.263. The maximum Gasteiger partial charge on any atom is 0.387 e. The molecule has 3 amide bonds. The van der Waals surface area contributed by atoms with E-state index < -0.39 is 31.1 Å². The monoisotopic (exact) mass is 422 g/mol. The SMILES string of the molecule is O=C(COC(=O)c1cccc(OC(F)F)c1)NC(=O)Nc1ccc2c(c1)OCCO2. The Labute approximate surface area is 168 Å². The van der Waals surface area contributed by atoms with Crippen molar-refractivity contribution < 1.29 is 42.1 Å². The Bertz CT molecular complexity index is 952. The van der Waals surface area contributed by atoms with E-state index in [2.05, 4.69) is 10.1 Å². The van der Waals surface area contributed by atoms with Crippen molar-refractivity contribution in [2.24, 2.45) is 0 Å². The summed E-state index contributed by atoms with van der Waals surface area (Å²) < 4.78 is 44.2. The van der Waals surface area contributed by atoms with Gasteiger partial charge >= 0.3 is 18.6 Å². The van der Waals surface area contributed by atoms with Crippen molar-refractivity contribution in [2.75, 3.05) is 25.1 Å². The fourth-order valence-electron chi connectivity index (χ4n) is 2.46. The Morgan fingerprint density at radius 1 is 1.03 bits per heavy atom. The molecule has 3 rings (SSSR count). The molecule has 2 aromatic rings. The molecule has 0 atom stereocenters. The largest absolute Gasteiger partial charge is 0.486 e. The third-order valence-electron chi connectivity index (χ3n) is 3.68. The number of nitrogens with one attached hydrogen (secondary N) is 2. The number of anilines is 1. The zero-order valence-corrected chi connectivity index (χ0v) is 15.4. The Morgan fingerprint density at radius 2 is 1.80 bits per heavy atom. The van der Waals surface area contributed by atoms with Crippen LogP contribution in [0.25, 0.3) is 0 Å². The first-order valence-corrected chi connectivity index (χ1v) is 8.63. The third-order valence-corrected chi connectivity index (χ3v) is 3.68. The van der Waals surface area contributed by atoms with Crippen LogP contribution in [0, 0.1) is 0 Å². The van der Waals surface area contributed by atoms with Gasteiger partial charge in [-0.3, -0.25) is 10.1 Å². The van der Waals surface area contributed by atoms with Gasteiger partial charge < -0.3 is 24.3 Å². The number of ether oxygens (including phenoxy) is 4. The number of rotatable bonds is 6. The average molecular weight is 422 g/mol. The number of halogens is 2. The summed E-state index contributed by atoms with van der Waals surface area (Å²) in [5.74, 6) is -1.08. The third kappa shape index (κ3) is 5.80. The van der Waals surface area contributed by atoms with Gasteiger partial charge in [0.1, 0.15) is 19.0 Å². The Kier molecular flexibility index (Phi) is 6.63. The number of urea groups is 1. The maximum atomic E-state index is 12.2. The number of alkyl halides is 2. The van der Waals surface area contributed by atoms with Gasteiger partial charge in [0.05, 0.1) is 5.56 Å². The van der Waals surface area contributed by atoms with E-state index >= 15 is 0 Å². The predicted molar refractivity (Wildman–Crippen MR) is 97.9 cm³/mol. The zero-order valence-electron chi connectivity index (χ0n) is 15.4. The molecular weight excluding hydrogens is 406 g/mol. The number of carbonyl (C=O) groups excluding carboxylic acids is 3. The number of carbonyl (C=O) groups is 3. The van der Waals surface area contributed by atoms with Crippen molar-refractivity contribution in [2.45, 2.75) is 6.61 Å². The van der Waals surface area contributed by atoms with E-state index in [4.69, 9.17) is 14.2 Å². The lowest BCUT2D eigenvalue weighted by molar-refractivity contribution is -0.123. The minimum atomic E-state index is -3.05. The van der Waals surface area contributed by atoms with Gasteiger partial charge in [0.15, 0.2) is 18.1 Å². The number of benzene rings is 2. The van der Waals surface area contributed by atoms with Crippen molar-refractivity contribution in [1.82, 2.24) is 5.32 Å². The van der Waals surface area contributed by atoms with Gasteiger partial charge in [-0.2, -0.15) is 8.78 Å². The van der Waals surface area contributed by atoms with Crippen molar-refractivity contribution in [3.8, 4) is 17.2 Å². The highest BCUT2D eigenvalue weighted by Crippen LogP contribution is 2.32. The number of amides is 3. The van der Waals surface area contributed by atoms with Crippen LogP contribution in [0.15, 0.2) is 42.5 Å².